The van der Waals surface area contributed by atoms with Gasteiger partial charge < -0.3 is 4.90 Å². The molecule has 16 heavy (non-hydrogen) atoms. The number of nitriles is 1. The summed E-state index contributed by atoms with van der Waals surface area (Å²) in [5.74, 6) is 0. The van der Waals surface area contributed by atoms with Crippen LogP contribution >= 0.6 is 0 Å². The van der Waals surface area contributed by atoms with E-state index in [1.165, 1.54) is 6.42 Å². The minimum absolute atomic E-state index is 0.291. The maximum absolute atomic E-state index is 9.43. The van der Waals surface area contributed by atoms with Gasteiger partial charge in [-0.1, -0.05) is 6.92 Å². The van der Waals surface area contributed by atoms with Crippen molar-refractivity contribution in [2.45, 2.75) is 64.1 Å². The molecule has 2 unspecified atom stereocenters. The molecule has 0 aromatic rings. The van der Waals surface area contributed by atoms with Crippen molar-refractivity contribution in [3.05, 3.63) is 0 Å². The third-order valence-corrected chi connectivity index (χ3v) is 3.63. The molecule has 1 N–H and O–H groups in total. The number of nitrogens with one attached hydrogen (secondary N) is 1. The van der Waals surface area contributed by atoms with Crippen LogP contribution in [0.3, 0.4) is 0 Å². The zero-order valence-electron chi connectivity index (χ0n) is 11.1. The van der Waals surface area contributed by atoms with Gasteiger partial charge in [0.2, 0.25) is 0 Å². The van der Waals surface area contributed by atoms with Gasteiger partial charge in [-0.15, -0.1) is 0 Å². The van der Waals surface area contributed by atoms with Gasteiger partial charge in [-0.25, -0.2) is 0 Å². The first kappa shape index (κ1) is 13.5. The lowest BCUT2D eigenvalue weighted by molar-refractivity contribution is 0.145. The highest BCUT2D eigenvalue weighted by Crippen LogP contribution is 2.30. The second kappa shape index (κ2) is 5.65. The first-order valence-electron chi connectivity index (χ1n) is 6.42. The van der Waals surface area contributed by atoms with E-state index in [4.69, 9.17) is 0 Å². The Morgan fingerprint density at radius 1 is 1.56 bits per heavy atom. The molecule has 3 nitrogen and oxygen atoms in total. The van der Waals surface area contributed by atoms with Crippen LogP contribution in [0.15, 0.2) is 0 Å². The smallest absolute Gasteiger partial charge is 0.108 e. The lowest BCUT2D eigenvalue weighted by Gasteiger charge is -2.41. The van der Waals surface area contributed by atoms with Crippen molar-refractivity contribution in [1.29, 1.82) is 5.26 Å². The summed E-state index contributed by atoms with van der Waals surface area (Å²) in [6.07, 6.45) is 4.34. The molecule has 0 bridgehead atoms. The molecule has 0 amide bonds. The van der Waals surface area contributed by atoms with Gasteiger partial charge in [0.05, 0.1) is 6.07 Å². The van der Waals surface area contributed by atoms with Gasteiger partial charge in [0.25, 0.3) is 0 Å². The topological polar surface area (TPSA) is 39.1 Å². The maximum atomic E-state index is 9.43. The normalized spacial score (nSPS) is 30.7. The van der Waals surface area contributed by atoms with Crippen molar-refractivity contribution in [2.24, 2.45) is 0 Å². The second-order valence-corrected chi connectivity index (χ2v) is 5.32. The molecule has 0 radical (unpaired) electrons. The van der Waals surface area contributed by atoms with Crippen LogP contribution in [-0.4, -0.2) is 36.1 Å². The van der Waals surface area contributed by atoms with Crippen molar-refractivity contribution >= 4 is 0 Å². The average Bonchev–Trinajstić information content (AvgIpc) is 2.27. The Kier molecular flexibility index (Phi) is 4.76. The van der Waals surface area contributed by atoms with Gasteiger partial charge >= 0.3 is 0 Å². The predicted molar refractivity (Wildman–Crippen MR) is 67.2 cm³/mol. The first-order valence-corrected chi connectivity index (χ1v) is 6.42. The molecule has 0 aliphatic heterocycles. The molecule has 0 aromatic heterocycles. The molecular weight excluding hydrogens is 198 g/mol. The third kappa shape index (κ3) is 3.20. The molecule has 92 valence electrons. The standard InChI is InChI=1S/C13H25N3/c1-5-16(4)12-7-6-8-13(9-12,10-14)15-11(2)3/h11-12,15H,5-9H2,1-4H3. The fourth-order valence-corrected chi connectivity index (χ4v) is 2.70. The molecule has 1 saturated carbocycles. The molecule has 1 aliphatic carbocycles. The van der Waals surface area contributed by atoms with E-state index in [2.05, 4.69) is 44.1 Å². The lowest BCUT2D eigenvalue weighted by Crippen LogP contribution is -2.54. The third-order valence-electron chi connectivity index (χ3n) is 3.63. The molecule has 1 aliphatic rings. The summed E-state index contributed by atoms with van der Waals surface area (Å²) < 4.78 is 0. The molecule has 0 spiro atoms. The zero-order chi connectivity index (χ0) is 12.2. The summed E-state index contributed by atoms with van der Waals surface area (Å²) in [6, 6.07) is 3.46. The molecule has 2 atom stereocenters. The Morgan fingerprint density at radius 3 is 2.75 bits per heavy atom. The van der Waals surface area contributed by atoms with E-state index in [-0.39, 0.29) is 5.54 Å². The van der Waals surface area contributed by atoms with Crippen LogP contribution < -0.4 is 5.32 Å². The largest absolute Gasteiger partial charge is 0.304 e. The molecule has 0 heterocycles. The Hall–Kier alpha value is -0.590. The van der Waals surface area contributed by atoms with Crippen LogP contribution in [0.1, 0.15) is 46.5 Å². The van der Waals surface area contributed by atoms with E-state index in [1.807, 2.05) is 0 Å². The van der Waals surface area contributed by atoms with Crippen molar-refractivity contribution in [1.82, 2.24) is 10.2 Å². The van der Waals surface area contributed by atoms with E-state index in [1.54, 1.807) is 0 Å². The quantitative estimate of drug-likeness (QED) is 0.793. The predicted octanol–water partition coefficient (Wildman–Crippen LogP) is 2.14. The van der Waals surface area contributed by atoms with Gasteiger partial charge in [0.1, 0.15) is 5.54 Å². The lowest BCUT2D eigenvalue weighted by atomic mass is 9.79. The summed E-state index contributed by atoms with van der Waals surface area (Å²) >= 11 is 0. The Morgan fingerprint density at radius 2 is 2.25 bits per heavy atom. The van der Waals surface area contributed by atoms with Gasteiger partial charge in [-0.2, -0.15) is 5.26 Å². The van der Waals surface area contributed by atoms with Crippen molar-refractivity contribution in [2.75, 3.05) is 13.6 Å². The van der Waals surface area contributed by atoms with Gasteiger partial charge in [-0.3, -0.25) is 5.32 Å². The Labute approximate surface area is 99.8 Å². The Bertz CT molecular complexity index is 256. The van der Waals surface area contributed by atoms with Crippen LogP contribution in [0.4, 0.5) is 0 Å². The number of rotatable bonds is 4. The van der Waals surface area contributed by atoms with E-state index in [0.29, 0.717) is 12.1 Å². The highest BCUT2D eigenvalue weighted by atomic mass is 15.1. The fraction of sp³-hybridized carbons (Fsp3) is 0.923. The molecule has 1 rings (SSSR count). The molecule has 3 heteroatoms. The second-order valence-electron chi connectivity index (χ2n) is 5.32. The maximum Gasteiger partial charge on any atom is 0.108 e. The minimum Gasteiger partial charge on any atom is -0.304 e. The zero-order valence-corrected chi connectivity index (χ0v) is 11.1. The number of hydrogen-bond acceptors (Lipinski definition) is 3. The van der Waals surface area contributed by atoms with Gasteiger partial charge in [0, 0.05) is 12.1 Å². The Balaban J connectivity index is 2.69. The molecule has 1 fully saturated rings. The van der Waals surface area contributed by atoms with E-state index in [0.717, 1.165) is 25.8 Å². The first-order chi connectivity index (χ1) is 7.53. The van der Waals surface area contributed by atoms with Gasteiger partial charge in [-0.05, 0) is 53.1 Å². The highest BCUT2D eigenvalue weighted by Gasteiger charge is 2.37. The van der Waals surface area contributed by atoms with Crippen molar-refractivity contribution in [3.63, 3.8) is 0 Å². The van der Waals surface area contributed by atoms with Crippen LogP contribution in [0.2, 0.25) is 0 Å². The molecular formula is C13H25N3. The highest BCUT2D eigenvalue weighted by molar-refractivity contribution is 5.11. The summed E-state index contributed by atoms with van der Waals surface area (Å²) in [7, 11) is 2.16. The van der Waals surface area contributed by atoms with Crippen LogP contribution in [-0.2, 0) is 0 Å². The SMILES string of the molecule is CCN(C)C1CCCC(C#N)(NC(C)C)C1. The van der Waals surface area contributed by atoms with Crippen molar-refractivity contribution in [3.8, 4) is 6.07 Å². The molecule has 0 aromatic carbocycles. The van der Waals surface area contributed by atoms with Crippen LogP contribution in [0.25, 0.3) is 0 Å². The summed E-state index contributed by atoms with van der Waals surface area (Å²) in [5.41, 5.74) is -0.291. The summed E-state index contributed by atoms with van der Waals surface area (Å²) in [5, 5.41) is 12.9. The molecule has 0 saturated heterocycles. The van der Waals surface area contributed by atoms with E-state index in [9.17, 15) is 5.26 Å². The van der Waals surface area contributed by atoms with Crippen LogP contribution in [0, 0.1) is 11.3 Å². The summed E-state index contributed by atoms with van der Waals surface area (Å²) in [4.78, 5) is 2.37. The average molecular weight is 223 g/mol. The number of nitrogens with zero attached hydrogens (tertiary/aromatic N) is 2. The fourth-order valence-electron chi connectivity index (χ4n) is 2.70. The minimum atomic E-state index is -0.291. The monoisotopic (exact) mass is 223 g/mol. The summed E-state index contributed by atoms with van der Waals surface area (Å²) in [6.45, 7) is 7.48. The number of hydrogen-bond donors (Lipinski definition) is 1. The van der Waals surface area contributed by atoms with Gasteiger partial charge in [0.15, 0.2) is 0 Å². The van der Waals surface area contributed by atoms with Crippen molar-refractivity contribution < 1.29 is 0 Å². The van der Waals surface area contributed by atoms with E-state index >= 15 is 0 Å². The van der Waals surface area contributed by atoms with E-state index < -0.39 is 0 Å². The van der Waals surface area contributed by atoms with Crippen LogP contribution in [0.5, 0.6) is 0 Å².